The van der Waals surface area contributed by atoms with Crippen LogP contribution in [0.2, 0.25) is 0 Å². The smallest absolute Gasteiger partial charge is 0.248 e. The molecular formula is C13H17N3O. The minimum atomic E-state index is -0.123. The number of carbonyl (C=O) groups excluding carboxylic acids is 1. The lowest BCUT2D eigenvalue weighted by Crippen LogP contribution is -2.43. The number of nitrogens with zero attached hydrogens (tertiary/aromatic N) is 2. The second-order valence-electron chi connectivity index (χ2n) is 4.18. The quantitative estimate of drug-likeness (QED) is 0.842. The lowest BCUT2D eigenvalue weighted by Gasteiger charge is -2.25. The molecule has 0 spiro atoms. The third-order valence-corrected chi connectivity index (χ3v) is 3.06. The molecule has 0 radical (unpaired) electrons. The summed E-state index contributed by atoms with van der Waals surface area (Å²) in [6, 6.07) is 3.55. The molecule has 0 aromatic carbocycles. The van der Waals surface area contributed by atoms with Gasteiger partial charge in [-0.05, 0) is 38.4 Å². The maximum atomic E-state index is 12.4. The molecule has 1 atom stereocenters. The van der Waals surface area contributed by atoms with Crippen LogP contribution in [-0.2, 0) is 4.79 Å². The van der Waals surface area contributed by atoms with Crippen LogP contribution < -0.4 is 10.2 Å². The molecule has 1 saturated heterocycles. The van der Waals surface area contributed by atoms with Crippen LogP contribution in [0.3, 0.4) is 0 Å². The number of aromatic nitrogens is 1. The highest BCUT2D eigenvalue weighted by molar-refractivity contribution is 6.00. The number of amides is 1. The zero-order valence-electron chi connectivity index (χ0n) is 10.0. The molecule has 1 aromatic heterocycles. The SMILES string of the molecule is C=C1CCCC(NC)C(=O)N1c1ccncc1. The van der Waals surface area contributed by atoms with Gasteiger partial charge in [-0.1, -0.05) is 6.58 Å². The molecule has 1 amide bonds. The van der Waals surface area contributed by atoms with Crippen LogP contribution in [0.1, 0.15) is 19.3 Å². The summed E-state index contributed by atoms with van der Waals surface area (Å²) in [4.78, 5) is 18.0. The first-order valence-corrected chi connectivity index (χ1v) is 5.83. The fourth-order valence-corrected chi connectivity index (χ4v) is 2.13. The second-order valence-corrected chi connectivity index (χ2v) is 4.18. The third-order valence-electron chi connectivity index (χ3n) is 3.06. The first-order chi connectivity index (χ1) is 8.24. The van der Waals surface area contributed by atoms with Gasteiger partial charge in [0.25, 0.3) is 0 Å². The van der Waals surface area contributed by atoms with E-state index in [9.17, 15) is 4.79 Å². The van der Waals surface area contributed by atoms with Gasteiger partial charge in [0.15, 0.2) is 0 Å². The summed E-state index contributed by atoms with van der Waals surface area (Å²) in [6.07, 6.45) is 6.07. The minimum absolute atomic E-state index is 0.0706. The monoisotopic (exact) mass is 231 g/mol. The number of pyridine rings is 1. The number of rotatable bonds is 2. The van der Waals surface area contributed by atoms with Gasteiger partial charge >= 0.3 is 0 Å². The molecule has 17 heavy (non-hydrogen) atoms. The minimum Gasteiger partial charge on any atom is -0.309 e. The van der Waals surface area contributed by atoms with Crippen LogP contribution in [0.5, 0.6) is 0 Å². The predicted molar refractivity (Wildman–Crippen MR) is 67.6 cm³/mol. The molecule has 0 saturated carbocycles. The molecule has 2 heterocycles. The zero-order valence-corrected chi connectivity index (χ0v) is 10.0. The summed E-state index contributed by atoms with van der Waals surface area (Å²) in [7, 11) is 1.82. The number of likely N-dealkylation sites (N-methyl/N-ethyl adjacent to an activating group) is 1. The average Bonchev–Trinajstić information content (AvgIpc) is 2.49. The molecule has 1 fully saturated rings. The van der Waals surface area contributed by atoms with Gasteiger partial charge < -0.3 is 5.32 Å². The molecule has 1 N–H and O–H groups in total. The Morgan fingerprint density at radius 2 is 2.18 bits per heavy atom. The van der Waals surface area contributed by atoms with Crippen molar-refractivity contribution in [3.63, 3.8) is 0 Å². The van der Waals surface area contributed by atoms with Crippen molar-refractivity contribution in [2.75, 3.05) is 11.9 Å². The molecule has 1 aliphatic rings. The van der Waals surface area contributed by atoms with E-state index in [1.54, 1.807) is 17.3 Å². The van der Waals surface area contributed by atoms with E-state index in [1.807, 2.05) is 19.2 Å². The largest absolute Gasteiger partial charge is 0.309 e. The molecule has 4 heteroatoms. The van der Waals surface area contributed by atoms with Crippen LogP contribution in [0.4, 0.5) is 5.69 Å². The lowest BCUT2D eigenvalue weighted by molar-refractivity contribution is -0.119. The number of anilines is 1. The van der Waals surface area contributed by atoms with Gasteiger partial charge in [0.1, 0.15) is 0 Å². The van der Waals surface area contributed by atoms with E-state index in [0.29, 0.717) is 0 Å². The highest BCUT2D eigenvalue weighted by Gasteiger charge is 2.28. The fraction of sp³-hybridized carbons (Fsp3) is 0.385. The van der Waals surface area contributed by atoms with Crippen LogP contribution in [0, 0.1) is 0 Å². The standard InChI is InChI=1S/C13H17N3O/c1-10-4-3-5-12(14-2)13(17)16(10)11-6-8-15-9-7-11/h6-9,12,14H,1,3-5H2,2H3. The Hall–Kier alpha value is -1.68. The average molecular weight is 231 g/mol. The second kappa shape index (κ2) is 5.10. The highest BCUT2D eigenvalue weighted by Crippen LogP contribution is 2.25. The van der Waals surface area contributed by atoms with Crippen LogP contribution in [0.25, 0.3) is 0 Å². The van der Waals surface area contributed by atoms with Gasteiger partial charge in [-0.15, -0.1) is 0 Å². The number of nitrogens with one attached hydrogen (secondary N) is 1. The van der Waals surface area contributed by atoms with E-state index in [2.05, 4.69) is 16.9 Å². The Bertz CT molecular complexity index is 416. The van der Waals surface area contributed by atoms with Crippen molar-refractivity contribution in [3.05, 3.63) is 36.8 Å². The van der Waals surface area contributed by atoms with Crippen LogP contribution in [-0.4, -0.2) is 24.0 Å². The first-order valence-electron chi connectivity index (χ1n) is 5.83. The van der Waals surface area contributed by atoms with Crippen molar-refractivity contribution in [1.29, 1.82) is 0 Å². The maximum absolute atomic E-state index is 12.4. The van der Waals surface area contributed by atoms with Gasteiger partial charge in [-0.25, -0.2) is 0 Å². The summed E-state index contributed by atoms with van der Waals surface area (Å²) in [6.45, 7) is 4.01. The summed E-state index contributed by atoms with van der Waals surface area (Å²) in [5, 5.41) is 3.07. The Kier molecular flexibility index (Phi) is 3.54. The molecule has 2 rings (SSSR count). The van der Waals surface area contributed by atoms with Crippen LogP contribution >= 0.6 is 0 Å². The zero-order chi connectivity index (χ0) is 12.3. The van der Waals surface area contributed by atoms with E-state index >= 15 is 0 Å². The highest BCUT2D eigenvalue weighted by atomic mass is 16.2. The number of carbonyl (C=O) groups is 1. The Morgan fingerprint density at radius 3 is 2.82 bits per heavy atom. The molecule has 0 bridgehead atoms. The van der Waals surface area contributed by atoms with Crippen LogP contribution in [0.15, 0.2) is 36.8 Å². The Labute approximate surface area is 101 Å². The summed E-state index contributed by atoms with van der Waals surface area (Å²) < 4.78 is 0. The number of hydrogen-bond acceptors (Lipinski definition) is 3. The number of allylic oxidation sites excluding steroid dienone is 1. The molecular weight excluding hydrogens is 214 g/mol. The van der Waals surface area contributed by atoms with Crippen molar-refractivity contribution < 1.29 is 4.79 Å². The molecule has 1 aromatic rings. The summed E-state index contributed by atoms with van der Waals surface area (Å²) in [5.74, 6) is 0.0706. The van der Waals surface area contributed by atoms with Gasteiger partial charge in [-0.2, -0.15) is 0 Å². The van der Waals surface area contributed by atoms with Gasteiger partial charge in [0.2, 0.25) is 5.91 Å². The topological polar surface area (TPSA) is 45.2 Å². The van der Waals surface area contributed by atoms with E-state index in [1.165, 1.54) is 0 Å². The molecule has 4 nitrogen and oxygen atoms in total. The summed E-state index contributed by atoms with van der Waals surface area (Å²) in [5.41, 5.74) is 1.70. The van der Waals surface area contributed by atoms with E-state index < -0.39 is 0 Å². The van der Waals surface area contributed by atoms with Crippen molar-refractivity contribution in [3.8, 4) is 0 Å². The lowest BCUT2D eigenvalue weighted by atomic mass is 10.1. The van der Waals surface area contributed by atoms with Crippen molar-refractivity contribution in [2.24, 2.45) is 0 Å². The van der Waals surface area contributed by atoms with Gasteiger partial charge in [-0.3, -0.25) is 14.7 Å². The molecule has 0 aliphatic carbocycles. The van der Waals surface area contributed by atoms with Crippen molar-refractivity contribution >= 4 is 11.6 Å². The predicted octanol–water partition coefficient (Wildman–Crippen LogP) is 1.70. The third kappa shape index (κ3) is 2.36. The van der Waals surface area contributed by atoms with Crippen molar-refractivity contribution in [1.82, 2.24) is 10.3 Å². The van der Waals surface area contributed by atoms with Gasteiger partial charge in [0, 0.05) is 18.1 Å². The summed E-state index contributed by atoms with van der Waals surface area (Å²) >= 11 is 0. The fourth-order valence-electron chi connectivity index (χ4n) is 2.13. The van der Waals surface area contributed by atoms with Crippen molar-refractivity contribution in [2.45, 2.75) is 25.3 Å². The Morgan fingerprint density at radius 1 is 1.47 bits per heavy atom. The molecule has 1 unspecified atom stereocenters. The van der Waals surface area contributed by atoms with E-state index in [4.69, 9.17) is 0 Å². The first kappa shape index (κ1) is 11.8. The van der Waals surface area contributed by atoms with Gasteiger partial charge in [0.05, 0.1) is 11.7 Å². The molecule has 1 aliphatic heterocycles. The molecule has 90 valence electrons. The Balaban J connectivity index is 2.34. The van der Waals surface area contributed by atoms with E-state index in [0.717, 1.165) is 30.6 Å². The normalized spacial score (nSPS) is 21.5. The van der Waals surface area contributed by atoms with E-state index in [-0.39, 0.29) is 11.9 Å². The number of hydrogen-bond donors (Lipinski definition) is 1. The maximum Gasteiger partial charge on any atom is 0.248 e.